The van der Waals surface area contributed by atoms with Crippen molar-refractivity contribution < 1.29 is 0 Å². The van der Waals surface area contributed by atoms with Gasteiger partial charge in [-0.2, -0.15) is 5.10 Å². The van der Waals surface area contributed by atoms with Crippen LogP contribution in [0.2, 0.25) is 0 Å². The Morgan fingerprint density at radius 1 is 1.31 bits per heavy atom. The van der Waals surface area contributed by atoms with E-state index in [0.717, 1.165) is 25.2 Å². The Morgan fingerprint density at radius 3 is 2.44 bits per heavy atom. The Kier molecular flexibility index (Phi) is 4.47. The van der Waals surface area contributed by atoms with Crippen molar-refractivity contribution in [2.75, 3.05) is 0 Å². The zero-order chi connectivity index (χ0) is 12.2. The summed E-state index contributed by atoms with van der Waals surface area (Å²) in [5.74, 6) is 0.877. The van der Waals surface area contributed by atoms with Gasteiger partial charge in [0.05, 0.1) is 12.6 Å². The predicted molar refractivity (Wildman–Crippen MR) is 66.2 cm³/mol. The molecule has 0 saturated heterocycles. The van der Waals surface area contributed by atoms with E-state index in [2.05, 4.69) is 50.0 Å². The number of nitrogens with one attached hydrogen (secondary N) is 1. The van der Waals surface area contributed by atoms with Gasteiger partial charge in [0.1, 0.15) is 6.33 Å². The van der Waals surface area contributed by atoms with Crippen molar-refractivity contribution in [3.63, 3.8) is 0 Å². The highest BCUT2D eigenvalue weighted by Crippen LogP contribution is 2.13. The maximum absolute atomic E-state index is 4.50. The van der Waals surface area contributed by atoms with Crippen molar-refractivity contribution in [1.29, 1.82) is 0 Å². The summed E-state index contributed by atoms with van der Waals surface area (Å²) >= 11 is 0. The van der Waals surface area contributed by atoms with Crippen LogP contribution in [0, 0.1) is 0 Å². The molecule has 0 radical (unpaired) electrons. The lowest BCUT2D eigenvalue weighted by molar-refractivity contribution is 0.404. The minimum atomic E-state index is 0.111. The molecular formula is C12H24N4. The third-order valence-corrected chi connectivity index (χ3v) is 2.65. The minimum absolute atomic E-state index is 0.111. The second kappa shape index (κ2) is 5.43. The summed E-state index contributed by atoms with van der Waals surface area (Å²) in [5, 5.41) is 7.89. The molecule has 0 fully saturated rings. The van der Waals surface area contributed by atoms with E-state index in [9.17, 15) is 0 Å². The average molecular weight is 224 g/mol. The van der Waals surface area contributed by atoms with Crippen molar-refractivity contribution in [2.24, 2.45) is 0 Å². The molecule has 1 heterocycles. The molecule has 16 heavy (non-hydrogen) atoms. The molecule has 0 bridgehead atoms. The van der Waals surface area contributed by atoms with Crippen LogP contribution in [0.25, 0.3) is 0 Å². The number of aromatic nitrogens is 3. The van der Waals surface area contributed by atoms with Gasteiger partial charge in [-0.1, -0.05) is 13.8 Å². The first-order valence-electron chi connectivity index (χ1n) is 6.11. The van der Waals surface area contributed by atoms with Crippen LogP contribution in [-0.2, 0) is 6.54 Å². The second-order valence-electron chi connectivity index (χ2n) is 5.21. The van der Waals surface area contributed by atoms with E-state index >= 15 is 0 Å². The monoisotopic (exact) mass is 224 g/mol. The summed E-state index contributed by atoms with van der Waals surface area (Å²) in [5.41, 5.74) is 0.111. The number of hydrogen-bond donors (Lipinski definition) is 1. The smallest absolute Gasteiger partial charge is 0.164 e. The van der Waals surface area contributed by atoms with Crippen LogP contribution in [-0.4, -0.2) is 20.3 Å². The fourth-order valence-electron chi connectivity index (χ4n) is 1.57. The van der Waals surface area contributed by atoms with Gasteiger partial charge in [-0.3, -0.25) is 0 Å². The van der Waals surface area contributed by atoms with Crippen LogP contribution in [0.4, 0.5) is 0 Å². The zero-order valence-corrected chi connectivity index (χ0v) is 11.1. The molecule has 0 aliphatic heterocycles. The number of rotatable bonds is 5. The predicted octanol–water partition coefficient (Wildman–Crippen LogP) is 2.53. The summed E-state index contributed by atoms with van der Waals surface area (Å²) in [6.07, 6.45) is 4.05. The highest BCUT2D eigenvalue weighted by Gasteiger charge is 2.12. The maximum Gasteiger partial charge on any atom is 0.164 e. The molecule has 0 aliphatic carbocycles. The quantitative estimate of drug-likeness (QED) is 0.835. The molecule has 0 aromatic carbocycles. The highest BCUT2D eigenvalue weighted by atomic mass is 15.3. The van der Waals surface area contributed by atoms with Gasteiger partial charge in [0.25, 0.3) is 0 Å². The lowest BCUT2D eigenvalue weighted by Crippen LogP contribution is -2.35. The SMILES string of the molecule is CCC(CC)n1cnc(CNC(C)(C)C)n1. The molecule has 1 aromatic heterocycles. The molecule has 0 aliphatic rings. The molecule has 0 saturated carbocycles. The van der Waals surface area contributed by atoms with Gasteiger partial charge in [-0.05, 0) is 33.6 Å². The van der Waals surface area contributed by atoms with Gasteiger partial charge in [-0.25, -0.2) is 9.67 Å². The topological polar surface area (TPSA) is 42.7 Å². The fourth-order valence-corrected chi connectivity index (χ4v) is 1.57. The minimum Gasteiger partial charge on any atom is -0.305 e. The molecule has 4 heteroatoms. The van der Waals surface area contributed by atoms with Crippen LogP contribution in [0.1, 0.15) is 59.3 Å². The standard InChI is InChI=1S/C12H24N4/c1-6-10(7-2)16-9-13-11(15-16)8-14-12(3,4)5/h9-10,14H,6-8H2,1-5H3. The first-order valence-corrected chi connectivity index (χ1v) is 6.11. The molecule has 1 N–H and O–H groups in total. The van der Waals surface area contributed by atoms with E-state index < -0.39 is 0 Å². The lowest BCUT2D eigenvalue weighted by Gasteiger charge is -2.19. The van der Waals surface area contributed by atoms with Gasteiger partial charge in [0, 0.05) is 5.54 Å². The Balaban J connectivity index is 2.58. The molecular weight excluding hydrogens is 200 g/mol. The largest absolute Gasteiger partial charge is 0.305 e. The summed E-state index contributed by atoms with van der Waals surface area (Å²) in [4.78, 5) is 4.33. The Hall–Kier alpha value is -0.900. The van der Waals surface area contributed by atoms with Crippen molar-refractivity contribution in [1.82, 2.24) is 20.1 Å². The number of nitrogens with zero attached hydrogens (tertiary/aromatic N) is 3. The third-order valence-electron chi connectivity index (χ3n) is 2.65. The lowest BCUT2D eigenvalue weighted by atomic mass is 10.1. The van der Waals surface area contributed by atoms with E-state index in [1.165, 1.54) is 0 Å². The first-order chi connectivity index (χ1) is 7.46. The van der Waals surface area contributed by atoms with Crippen molar-refractivity contribution in [2.45, 2.75) is 65.6 Å². The van der Waals surface area contributed by atoms with Crippen molar-refractivity contribution in [3.8, 4) is 0 Å². The van der Waals surface area contributed by atoms with Crippen molar-refractivity contribution in [3.05, 3.63) is 12.2 Å². The molecule has 4 nitrogen and oxygen atoms in total. The zero-order valence-electron chi connectivity index (χ0n) is 11.1. The van der Waals surface area contributed by atoms with Gasteiger partial charge in [-0.15, -0.1) is 0 Å². The van der Waals surface area contributed by atoms with Gasteiger partial charge < -0.3 is 5.32 Å². The molecule has 0 spiro atoms. The van der Waals surface area contributed by atoms with Crippen LogP contribution in [0.5, 0.6) is 0 Å². The first kappa shape index (κ1) is 13.2. The Bertz CT molecular complexity index is 307. The summed E-state index contributed by atoms with van der Waals surface area (Å²) in [6, 6.07) is 0.482. The molecule has 0 unspecified atom stereocenters. The van der Waals surface area contributed by atoms with Crippen LogP contribution in [0.3, 0.4) is 0 Å². The Morgan fingerprint density at radius 2 is 1.94 bits per heavy atom. The summed E-state index contributed by atoms with van der Waals surface area (Å²) in [7, 11) is 0. The van der Waals surface area contributed by atoms with E-state index in [1.54, 1.807) is 0 Å². The normalized spacial score (nSPS) is 12.4. The number of hydrogen-bond acceptors (Lipinski definition) is 3. The van der Waals surface area contributed by atoms with E-state index in [1.807, 2.05) is 11.0 Å². The highest BCUT2D eigenvalue weighted by molar-refractivity contribution is 4.85. The van der Waals surface area contributed by atoms with Crippen molar-refractivity contribution >= 4 is 0 Å². The van der Waals surface area contributed by atoms with Gasteiger partial charge in [0.15, 0.2) is 5.82 Å². The van der Waals surface area contributed by atoms with Crippen LogP contribution >= 0.6 is 0 Å². The third kappa shape index (κ3) is 3.93. The molecule has 1 rings (SSSR count). The van der Waals surface area contributed by atoms with Crippen LogP contribution < -0.4 is 5.32 Å². The molecule has 0 amide bonds. The molecule has 0 atom stereocenters. The van der Waals surface area contributed by atoms with Crippen LogP contribution in [0.15, 0.2) is 6.33 Å². The molecule has 1 aromatic rings. The van der Waals surface area contributed by atoms with E-state index in [-0.39, 0.29) is 5.54 Å². The fraction of sp³-hybridized carbons (Fsp3) is 0.833. The van der Waals surface area contributed by atoms with E-state index in [0.29, 0.717) is 6.04 Å². The van der Waals surface area contributed by atoms with E-state index in [4.69, 9.17) is 0 Å². The van der Waals surface area contributed by atoms with Gasteiger partial charge >= 0.3 is 0 Å². The van der Waals surface area contributed by atoms with Gasteiger partial charge in [0.2, 0.25) is 0 Å². The maximum atomic E-state index is 4.50. The average Bonchev–Trinajstić information content (AvgIpc) is 2.65. The summed E-state index contributed by atoms with van der Waals surface area (Å²) in [6.45, 7) is 11.5. The second-order valence-corrected chi connectivity index (χ2v) is 5.21. The molecule has 92 valence electrons. The summed E-state index contributed by atoms with van der Waals surface area (Å²) < 4.78 is 1.99. The Labute approximate surface area is 98.5 Å².